The third-order valence-corrected chi connectivity index (χ3v) is 4.16. The molecular formula is C16H16F3N5O2. The van der Waals surface area contributed by atoms with Crippen LogP contribution in [0.1, 0.15) is 28.9 Å². The molecule has 26 heavy (non-hydrogen) atoms. The molecule has 0 saturated carbocycles. The van der Waals surface area contributed by atoms with E-state index in [0.717, 1.165) is 12.4 Å². The summed E-state index contributed by atoms with van der Waals surface area (Å²) in [7, 11) is 0. The van der Waals surface area contributed by atoms with Crippen molar-refractivity contribution in [3.63, 3.8) is 0 Å². The lowest BCUT2D eigenvalue weighted by atomic mass is 10.0. The van der Waals surface area contributed by atoms with Crippen molar-refractivity contribution in [2.24, 2.45) is 0 Å². The summed E-state index contributed by atoms with van der Waals surface area (Å²) in [6, 6.07) is 3.75. The van der Waals surface area contributed by atoms with Gasteiger partial charge in [0.25, 0.3) is 11.5 Å². The number of amides is 1. The van der Waals surface area contributed by atoms with Gasteiger partial charge in [-0.05, 0) is 25.0 Å². The van der Waals surface area contributed by atoms with Crippen LogP contribution >= 0.6 is 0 Å². The van der Waals surface area contributed by atoms with E-state index in [1.54, 1.807) is 11.0 Å². The van der Waals surface area contributed by atoms with Crippen molar-refractivity contribution in [3.8, 4) is 0 Å². The predicted octanol–water partition coefficient (Wildman–Crippen LogP) is 1.58. The maximum atomic E-state index is 12.8. The Morgan fingerprint density at radius 3 is 2.65 bits per heavy atom. The van der Waals surface area contributed by atoms with E-state index in [9.17, 15) is 22.8 Å². The van der Waals surface area contributed by atoms with E-state index < -0.39 is 23.3 Å². The molecule has 1 aliphatic rings. The first-order valence-corrected chi connectivity index (χ1v) is 7.97. The summed E-state index contributed by atoms with van der Waals surface area (Å²) in [5, 5.41) is 2.79. The highest BCUT2D eigenvalue weighted by atomic mass is 19.4. The first-order chi connectivity index (χ1) is 12.3. The molecule has 138 valence electrons. The minimum atomic E-state index is -4.52. The summed E-state index contributed by atoms with van der Waals surface area (Å²) in [6.07, 6.45) is -1.13. The number of hydrogen-bond donors (Lipinski definition) is 2. The molecule has 2 aromatic heterocycles. The van der Waals surface area contributed by atoms with Crippen LogP contribution in [-0.4, -0.2) is 40.0 Å². The average Bonchev–Trinajstić information content (AvgIpc) is 2.62. The van der Waals surface area contributed by atoms with Gasteiger partial charge >= 0.3 is 6.18 Å². The normalized spacial score (nSPS) is 15.7. The Balaban J connectivity index is 1.60. The van der Waals surface area contributed by atoms with E-state index in [4.69, 9.17) is 0 Å². The number of carbonyl (C=O) groups excluding carboxylic acids is 1. The number of nitrogens with zero attached hydrogens (tertiary/aromatic N) is 3. The van der Waals surface area contributed by atoms with E-state index in [2.05, 4.69) is 20.3 Å². The standard InChI is InChI=1S/C16H16F3N5O2/c17-16(18,19)12-8-13(22-9-21-12)24-6-3-10(4-7-24)23-15(26)11-2-1-5-20-14(11)25/h1-2,5,8-10H,3-4,6-7H2,(H,20,25)(H,23,26). The monoisotopic (exact) mass is 367 g/mol. The Morgan fingerprint density at radius 1 is 1.27 bits per heavy atom. The molecule has 0 unspecified atom stereocenters. The van der Waals surface area contributed by atoms with Crippen LogP contribution in [0.15, 0.2) is 35.5 Å². The number of aromatic nitrogens is 3. The van der Waals surface area contributed by atoms with Gasteiger partial charge in [0.15, 0.2) is 0 Å². The van der Waals surface area contributed by atoms with E-state index in [-0.39, 0.29) is 17.4 Å². The molecule has 1 amide bonds. The van der Waals surface area contributed by atoms with Crippen molar-refractivity contribution < 1.29 is 18.0 Å². The van der Waals surface area contributed by atoms with Gasteiger partial charge in [-0.3, -0.25) is 9.59 Å². The molecule has 0 atom stereocenters. The van der Waals surface area contributed by atoms with E-state index in [1.165, 1.54) is 12.3 Å². The van der Waals surface area contributed by atoms with Crippen molar-refractivity contribution in [1.82, 2.24) is 20.3 Å². The Labute approximate surface area is 146 Å². The zero-order chi connectivity index (χ0) is 18.7. The van der Waals surface area contributed by atoms with Crippen molar-refractivity contribution >= 4 is 11.7 Å². The number of H-pyrrole nitrogens is 1. The van der Waals surface area contributed by atoms with E-state index in [1.807, 2.05) is 0 Å². The number of anilines is 1. The summed E-state index contributed by atoms with van der Waals surface area (Å²) < 4.78 is 38.3. The number of carbonyl (C=O) groups is 1. The summed E-state index contributed by atoms with van der Waals surface area (Å²) in [4.78, 5) is 35.1. The van der Waals surface area contributed by atoms with E-state index >= 15 is 0 Å². The molecule has 2 aromatic rings. The van der Waals surface area contributed by atoms with Crippen LogP contribution in [0.25, 0.3) is 0 Å². The minimum Gasteiger partial charge on any atom is -0.356 e. The van der Waals surface area contributed by atoms with Gasteiger partial charge in [0, 0.05) is 31.4 Å². The van der Waals surface area contributed by atoms with Gasteiger partial charge in [0.2, 0.25) is 0 Å². The van der Waals surface area contributed by atoms with Gasteiger partial charge in [0.05, 0.1) is 0 Å². The molecule has 3 heterocycles. The van der Waals surface area contributed by atoms with Crippen LogP contribution < -0.4 is 15.8 Å². The first-order valence-electron chi connectivity index (χ1n) is 7.97. The summed E-state index contributed by atoms with van der Waals surface area (Å²) in [5.41, 5.74) is -1.43. The second-order valence-corrected chi connectivity index (χ2v) is 5.91. The van der Waals surface area contributed by atoms with Gasteiger partial charge in [-0.15, -0.1) is 0 Å². The van der Waals surface area contributed by atoms with E-state index in [0.29, 0.717) is 25.9 Å². The fourth-order valence-corrected chi connectivity index (χ4v) is 2.79. The maximum absolute atomic E-state index is 12.8. The Morgan fingerprint density at radius 2 is 2.00 bits per heavy atom. The second-order valence-electron chi connectivity index (χ2n) is 5.91. The number of piperidine rings is 1. The number of hydrogen-bond acceptors (Lipinski definition) is 5. The Bertz CT molecular complexity index is 844. The molecule has 1 saturated heterocycles. The lowest BCUT2D eigenvalue weighted by Gasteiger charge is -2.33. The van der Waals surface area contributed by atoms with Crippen LogP contribution in [0.5, 0.6) is 0 Å². The van der Waals surface area contributed by atoms with Crippen molar-refractivity contribution in [3.05, 3.63) is 52.3 Å². The fraction of sp³-hybridized carbons (Fsp3) is 0.375. The number of halogens is 3. The molecule has 2 N–H and O–H groups in total. The maximum Gasteiger partial charge on any atom is 0.433 e. The number of aromatic amines is 1. The minimum absolute atomic E-state index is 0.0283. The lowest BCUT2D eigenvalue weighted by Crippen LogP contribution is -2.45. The van der Waals surface area contributed by atoms with Gasteiger partial charge < -0.3 is 15.2 Å². The van der Waals surface area contributed by atoms with Crippen LogP contribution in [0, 0.1) is 0 Å². The summed E-state index contributed by atoms with van der Waals surface area (Å²) in [5.74, 6) is -0.261. The Kier molecular flexibility index (Phi) is 4.92. The zero-order valence-electron chi connectivity index (χ0n) is 13.6. The largest absolute Gasteiger partial charge is 0.433 e. The first kappa shape index (κ1) is 17.9. The molecular weight excluding hydrogens is 351 g/mol. The molecule has 0 bridgehead atoms. The number of rotatable bonds is 3. The van der Waals surface area contributed by atoms with Gasteiger partial charge in [-0.25, -0.2) is 9.97 Å². The average molecular weight is 367 g/mol. The number of pyridine rings is 1. The molecule has 0 aromatic carbocycles. The Hall–Kier alpha value is -2.91. The highest BCUT2D eigenvalue weighted by molar-refractivity contribution is 5.93. The molecule has 0 spiro atoms. The van der Waals surface area contributed by atoms with Crippen LogP contribution in [0.3, 0.4) is 0 Å². The molecule has 7 nitrogen and oxygen atoms in total. The highest BCUT2D eigenvalue weighted by Crippen LogP contribution is 2.29. The van der Waals surface area contributed by atoms with Gasteiger partial charge in [-0.2, -0.15) is 13.2 Å². The number of nitrogens with one attached hydrogen (secondary N) is 2. The lowest BCUT2D eigenvalue weighted by molar-refractivity contribution is -0.141. The molecule has 10 heteroatoms. The molecule has 0 aliphatic carbocycles. The van der Waals surface area contributed by atoms with Crippen LogP contribution in [-0.2, 0) is 6.18 Å². The highest BCUT2D eigenvalue weighted by Gasteiger charge is 2.33. The number of alkyl halides is 3. The summed E-state index contributed by atoms with van der Waals surface area (Å²) >= 11 is 0. The molecule has 0 radical (unpaired) electrons. The second kappa shape index (κ2) is 7.14. The van der Waals surface area contributed by atoms with Crippen molar-refractivity contribution in [2.45, 2.75) is 25.1 Å². The SMILES string of the molecule is O=C(NC1CCN(c2cc(C(F)(F)F)ncn2)CC1)c1ccc[nH]c1=O. The molecule has 1 aliphatic heterocycles. The van der Waals surface area contributed by atoms with Crippen LogP contribution in [0.4, 0.5) is 19.0 Å². The van der Waals surface area contributed by atoms with Gasteiger partial charge in [-0.1, -0.05) is 0 Å². The van der Waals surface area contributed by atoms with Gasteiger partial charge in [0.1, 0.15) is 23.4 Å². The smallest absolute Gasteiger partial charge is 0.356 e. The molecule has 3 rings (SSSR count). The predicted molar refractivity (Wildman–Crippen MR) is 86.8 cm³/mol. The topological polar surface area (TPSA) is 91.0 Å². The van der Waals surface area contributed by atoms with Crippen LogP contribution in [0.2, 0.25) is 0 Å². The zero-order valence-corrected chi connectivity index (χ0v) is 13.6. The third-order valence-electron chi connectivity index (χ3n) is 4.16. The summed E-state index contributed by atoms with van der Waals surface area (Å²) in [6.45, 7) is 0.870. The fourth-order valence-electron chi connectivity index (χ4n) is 2.79. The molecule has 1 fully saturated rings. The third kappa shape index (κ3) is 4.01. The quantitative estimate of drug-likeness (QED) is 0.860. The van der Waals surface area contributed by atoms with Crippen molar-refractivity contribution in [2.75, 3.05) is 18.0 Å². The van der Waals surface area contributed by atoms with Crippen molar-refractivity contribution in [1.29, 1.82) is 0 Å².